The molecule has 0 atom stereocenters. The van der Waals surface area contributed by atoms with E-state index >= 15 is 0 Å². The second-order valence-corrected chi connectivity index (χ2v) is 3.28. The lowest BCUT2D eigenvalue weighted by Crippen LogP contribution is -1.81. The van der Waals surface area contributed by atoms with E-state index in [4.69, 9.17) is 0 Å². The average molecular weight is 179 g/mol. The third-order valence-corrected chi connectivity index (χ3v) is 2.28. The maximum Gasteiger partial charge on any atom is 0.0361 e. The molecule has 0 unspecified atom stereocenters. The molecular formula is C10H13NS. The molecule has 0 aromatic heterocycles. The largest absolute Gasteiger partial charge is 0.293 e. The van der Waals surface area contributed by atoms with Crippen molar-refractivity contribution in [2.45, 2.75) is 11.8 Å². The van der Waals surface area contributed by atoms with Gasteiger partial charge in [-0.15, -0.1) is 11.8 Å². The summed E-state index contributed by atoms with van der Waals surface area (Å²) in [6.45, 7) is 2.89. The highest BCUT2D eigenvalue weighted by atomic mass is 32.2. The van der Waals surface area contributed by atoms with Crippen LogP contribution < -0.4 is 0 Å². The number of hydrogen-bond donors (Lipinski definition) is 0. The quantitative estimate of drug-likeness (QED) is 0.513. The number of hydrogen-bond acceptors (Lipinski definition) is 2. The first-order chi connectivity index (χ1) is 5.86. The molecule has 0 spiro atoms. The van der Waals surface area contributed by atoms with Gasteiger partial charge < -0.3 is 0 Å². The average Bonchev–Trinajstić information content (AvgIpc) is 2.15. The molecule has 1 aromatic carbocycles. The van der Waals surface area contributed by atoms with E-state index in [-0.39, 0.29) is 0 Å². The second-order valence-electron chi connectivity index (χ2n) is 2.40. The van der Waals surface area contributed by atoms with Gasteiger partial charge in [-0.2, -0.15) is 0 Å². The van der Waals surface area contributed by atoms with Gasteiger partial charge >= 0.3 is 0 Å². The first-order valence-electron chi connectivity index (χ1n) is 4.00. The summed E-state index contributed by atoms with van der Waals surface area (Å²) >= 11 is 1.76. The van der Waals surface area contributed by atoms with E-state index in [2.05, 4.69) is 35.5 Å². The summed E-state index contributed by atoms with van der Waals surface area (Å²) in [6.07, 6.45) is 3.99. The molecule has 0 bridgehead atoms. The van der Waals surface area contributed by atoms with Crippen LogP contribution in [0.3, 0.4) is 0 Å². The molecule has 0 heterocycles. The minimum Gasteiger partial charge on any atom is -0.293 e. The molecule has 0 aliphatic carbocycles. The number of aliphatic imine (C=N–C) groups is 1. The van der Waals surface area contributed by atoms with Crippen LogP contribution in [0.5, 0.6) is 0 Å². The Hall–Kier alpha value is -0.760. The van der Waals surface area contributed by atoms with Crippen LogP contribution in [-0.2, 0) is 0 Å². The van der Waals surface area contributed by atoms with Crippen molar-refractivity contribution < 1.29 is 0 Å². The Morgan fingerprint density at radius 3 is 2.50 bits per heavy atom. The normalized spacial score (nSPS) is 10.8. The molecule has 0 N–H and O–H groups in total. The zero-order valence-corrected chi connectivity index (χ0v) is 8.27. The molecule has 0 saturated heterocycles. The Morgan fingerprint density at radius 1 is 1.33 bits per heavy atom. The molecule has 12 heavy (non-hydrogen) atoms. The van der Waals surface area contributed by atoms with Gasteiger partial charge in [0, 0.05) is 17.7 Å². The highest BCUT2D eigenvalue weighted by Gasteiger charge is 1.88. The Morgan fingerprint density at radius 2 is 2.00 bits per heavy atom. The minimum absolute atomic E-state index is 0.851. The fraction of sp³-hybridized carbons (Fsp3) is 0.300. The van der Waals surface area contributed by atoms with Crippen molar-refractivity contribution in [3.8, 4) is 0 Å². The van der Waals surface area contributed by atoms with E-state index in [1.54, 1.807) is 11.8 Å². The number of nitrogens with zero attached hydrogens (tertiary/aromatic N) is 1. The van der Waals surface area contributed by atoms with Crippen molar-refractivity contribution in [3.05, 3.63) is 29.8 Å². The lowest BCUT2D eigenvalue weighted by Gasteiger charge is -1.95. The van der Waals surface area contributed by atoms with Crippen LogP contribution in [-0.4, -0.2) is 19.0 Å². The predicted octanol–water partition coefficient (Wildman–Crippen LogP) is 2.85. The molecule has 0 saturated carbocycles. The molecule has 1 aromatic rings. The van der Waals surface area contributed by atoms with Crippen molar-refractivity contribution in [2.75, 3.05) is 12.8 Å². The standard InChI is InChI=1S/C10H13NS/c1-3-11-8-9-4-6-10(12-2)7-5-9/h4-8H,3H2,1-2H3. The van der Waals surface area contributed by atoms with Crippen LogP contribution in [0.4, 0.5) is 0 Å². The van der Waals surface area contributed by atoms with Crippen molar-refractivity contribution in [1.82, 2.24) is 0 Å². The van der Waals surface area contributed by atoms with E-state index in [1.807, 2.05) is 13.1 Å². The van der Waals surface area contributed by atoms with E-state index in [0.29, 0.717) is 0 Å². The maximum absolute atomic E-state index is 4.17. The SMILES string of the molecule is CCN=Cc1ccc(SC)cc1. The van der Waals surface area contributed by atoms with Crippen LogP contribution >= 0.6 is 11.8 Å². The lowest BCUT2D eigenvalue weighted by molar-refractivity contribution is 1.14. The van der Waals surface area contributed by atoms with Crippen LogP contribution in [0.1, 0.15) is 12.5 Å². The highest BCUT2D eigenvalue weighted by molar-refractivity contribution is 7.98. The van der Waals surface area contributed by atoms with Gasteiger partial charge in [0.15, 0.2) is 0 Å². The Labute approximate surface area is 77.9 Å². The van der Waals surface area contributed by atoms with Gasteiger partial charge in [0.05, 0.1) is 0 Å². The predicted molar refractivity (Wildman–Crippen MR) is 56.4 cm³/mol. The Bertz CT molecular complexity index is 251. The smallest absolute Gasteiger partial charge is 0.0361 e. The van der Waals surface area contributed by atoms with E-state index in [1.165, 1.54) is 10.5 Å². The third-order valence-electron chi connectivity index (χ3n) is 1.54. The zero-order valence-electron chi connectivity index (χ0n) is 7.45. The van der Waals surface area contributed by atoms with Gasteiger partial charge in [0.25, 0.3) is 0 Å². The highest BCUT2D eigenvalue weighted by Crippen LogP contribution is 2.13. The Kier molecular flexibility index (Phi) is 3.88. The summed E-state index contributed by atoms with van der Waals surface area (Å²) in [6, 6.07) is 8.40. The summed E-state index contributed by atoms with van der Waals surface area (Å²) in [5.41, 5.74) is 1.18. The van der Waals surface area contributed by atoms with Crippen molar-refractivity contribution in [1.29, 1.82) is 0 Å². The van der Waals surface area contributed by atoms with Gasteiger partial charge in [-0.25, -0.2) is 0 Å². The first-order valence-corrected chi connectivity index (χ1v) is 5.23. The van der Waals surface area contributed by atoms with Gasteiger partial charge in [0.2, 0.25) is 0 Å². The zero-order chi connectivity index (χ0) is 8.81. The van der Waals surface area contributed by atoms with Gasteiger partial charge in [-0.05, 0) is 30.9 Å². The van der Waals surface area contributed by atoms with Crippen molar-refractivity contribution in [3.63, 3.8) is 0 Å². The minimum atomic E-state index is 0.851. The summed E-state index contributed by atoms with van der Waals surface area (Å²) in [5, 5.41) is 0. The molecule has 0 aliphatic heterocycles. The number of rotatable bonds is 3. The molecule has 64 valence electrons. The van der Waals surface area contributed by atoms with Crippen molar-refractivity contribution >= 4 is 18.0 Å². The fourth-order valence-corrected chi connectivity index (χ4v) is 1.29. The van der Waals surface area contributed by atoms with Gasteiger partial charge in [-0.3, -0.25) is 4.99 Å². The van der Waals surface area contributed by atoms with Crippen LogP contribution in [0.25, 0.3) is 0 Å². The fourth-order valence-electron chi connectivity index (χ4n) is 0.887. The van der Waals surface area contributed by atoms with Crippen LogP contribution in [0.2, 0.25) is 0 Å². The lowest BCUT2D eigenvalue weighted by atomic mass is 10.2. The molecule has 0 radical (unpaired) electrons. The molecular weight excluding hydrogens is 166 g/mol. The van der Waals surface area contributed by atoms with E-state index < -0.39 is 0 Å². The monoisotopic (exact) mass is 179 g/mol. The Balaban J connectivity index is 2.71. The summed E-state index contributed by atoms with van der Waals surface area (Å²) < 4.78 is 0. The molecule has 1 rings (SSSR count). The number of thioether (sulfide) groups is 1. The molecule has 0 fully saturated rings. The number of benzene rings is 1. The summed E-state index contributed by atoms with van der Waals surface area (Å²) in [4.78, 5) is 5.46. The summed E-state index contributed by atoms with van der Waals surface area (Å²) in [7, 11) is 0. The maximum atomic E-state index is 4.17. The van der Waals surface area contributed by atoms with E-state index in [9.17, 15) is 0 Å². The van der Waals surface area contributed by atoms with Crippen LogP contribution in [0.15, 0.2) is 34.2 Å². The molecule has 0 amide bonds. The molecule has 1 nitrogen and oxygen atoms in total. The summed E-state index contributed by atoms with van der Waals surface area (Å²) in [5.74, 6) is 0. The topological polar surface area (TPSA) is 12.4 Å². The van der Waals surface area contributed by atoms with E-state index in [0.717, 1.165) is 6.54 Å². The van der Waals surface area contributed by atoms with Crippen LogP contribution in [0, 0.1) is 0 Å². The van der Waals surface area contributed by atoms with Crippen molar-refractivity contribution in [2.24, 2.45) is 4.99 Å². The first kappa shape index (κ1) is 9.33. The second kappa shape index (κ2) is 4.99. The van der Waals surface area contributed by atoms with Gasteiger partial charge in [0.1, 0.15) is 0 Å². The van der Waals surface area contributed by atoms with Gasteiger partial charge in [-0.1, -0.05) is 12.1 Å². The third kappa shape index (κ3) is 2.70. The molecule has 2 heteroatoms. The molecule has 0 aliphatic rings.